The van der Waals surface area contributed by atoms with E-state index in [0.717, 1.165) is 14.6 Å². The van der Waals surface area contributed by atoms with Gasteiger partial charge in [0.25, 0.3) is 0 Å². The van der Waals surface area contributed by atoms with Crippen molar-refractivity contribution < 1.29 is 9.18 Å². The minimum Gasteiger partial charge on any atom is -0.325 e. The van der Waals surface area contributed by atoms with Crippen LogP contribution in [0.25, 0.3) is 15.9 Å². The standard InChI is InChI=1S/C17H13FN6OS2/c1-10-21-22-23-24(10)14-8-11(6-7-12(14)18)19-16(25)9-26-17-20-13-4-2-3-5-15(13)27-17/h2-8H,9H2,1H3,(H,19,25). The molecule has 0 unspecified atom stereocenters. The maximum absolute atomic E-state index is 14.1. The fourth-order valence-corrected chi connectivity index (χ4v) is 4.31. The molecule has 4 aromatic rings. The molecule has 0 fully saturated rings. The number of rotatable bonds is 5. The van der Waals surface area contributed by atoms with Gasteiger partial charge < -0.3 is 5.32 Å². The second-order valence-electron chi connectivity index (χ2n) is 5.59. The summed E-state index contributed by atoms with van der Waals surface area (Å²) < 4.78 is 17.3. The van der Waals surface area contributed by atoms with E-state index >= 15 is 0 Å². The molecule has 0 saturated carbocycles. The quantitative estimate of drug-likeness (QED) is 0.517. The van der Waals surface area contributed by atoms with E-state index in [1.807, 2.05) is 24.3 Å². The smallest absolute Gasteiger partial charge is 0.234 e. The van der Waals surface area contributed by atoms with E-state index < -0.39 is 5.82 Å². The first kappa shape index (κ1) is 17.6. The number of para-hydroxylation sites is 1. The molecular weight excluding hydrogens is 387 g/mol. The number of nitrogens with one attached hydrogen (secondary N) is 1. The lowest BCUT2D eigenvalue weighted by Crippen LogP contribution is -2.14. The van der Waals surface area contributed by atoms with Crippen LogP contribution in [0.1, 0.15) is 5.82 Å². The summed E-state index contributed by atoms with van der Waals surface area (Å²) in [6.07, 6.45) is 0. The first-order chi connectivity index (χ1) is 13.1. The number of carbonyl (C=O) groups excluding carboxylic acids is 1. The number of hydrogen-bond acceptors (Lipinski definition) is 7. The van der Waals surface area contributed by atoms with E-state index in [9.17, 15) is 9.18 Å². The number of benzene rings is 2. The summed E-state index contributed by atoms with van der Waals surface area (Å²) in [6, 6.07) is 12.1. The van der Waals surface area contributed by atoms with Crippen LogP contribution < -0.4 is 5.32 Å². The van der Waals surface area contributed by atoms with Crippen LogP contribution in [0.5, 0.6) is 0 Å². The highest BCUT2D eigenvalue weighted by molar-refractivity contribution is 8.01. The molecule has 2 aromatic carbocycles. The fraction of sp³-hybridized carbons (Fsp3) is 0.118. The number of hydrogen-bond donors (Lipinski definition) is 1. The number of halogens is 1. The van der Waals surface area contributed by atoms with Gasteiger partial charge in [0.1, 0.15) is 11.5 Å². The highest BCUT2D eigenvalue weighted by Gasteiger charge is 2.12. The average molecular weight is 400 g/mol. The molecule has 0 aliphatic carbocycles. The monoisotopic (exact) mass is 400 g/mol. The maximum Gasteiger partial charge on any atom is 0.234 e. The number of amides is 1. The van der Waals surface area contributed by atoms with Gasteiger partial charge in [-0.1, -0.05) is 23.9 Å². The Labute approximate surface area is 161 Å². The summed E-state index contributed by atoms with van der Waals surface area (Å²) in [5.41, 5.74) is 1.57. The van der Waals surface area contributed by atoms with E-state index in [-0.39, 0.29) is 17.3 Å². The zero-order valence-corrected chi connectivity index (χ0v) is 15.7. The van der Waals surface area contributed by atoms with Crippen LogP contribution in [-0.2, 0) is 4.79 Å². The van der Waals surface area contributed by atoms with Gasteiger partial charge in [0.15, 0.2) is 10.2 Å². The molecule has 136 valence electrons. The van der Waals surface area contributed by atoms with Gasteiger partial charge in [-0.3, -0.25) is 4.79 Å². The lowest BCUT2D eigenvalue weighted by molar-refractivity contribution is -0.113. The van der Waals surface area contributed by atoms with Gasteiger partial charge >= 0.3 is 0 Å². The van der Waals surface area contributed by atoms with Crippen molar-refractivity contribution in [2.24, 2.45) is 0 Å². The lowest BCUT2D eigenvalue weighted by atomic mass is 10.2. The summed E-state index contributed by atoms with van der Waals surface area (Å²) in [6.45, 7) is 1.67. The van der Waals surface area contributed by atoms with Crippen LogP contribution >= 0.6 is 23.1 Å². The van der Waals surface area contributed by atoms with Crippen LogP contribution in [0.15, 0.2) is 46.8 Å². The molecule has 7 nitrogen and oxygen atoms in total. The predicted molar refractivity (Wildman–Crippen MR) is 103 cm³/mol. The number of anilines is 1. The minimum atomic E-state index is -0.479. The molecule has 10 heteroatoms. The normalized spacial score (nSPS) is 11.0. The summed E-state index contributed by atoms with van der Waals surface area (Å²) in [4.78, 5) is 16.7. The second kappa shape index (κ2) is 7.41. The molecule has 4 rings (SSSR count). The zero-order valence-electron chi connectivity index (χ0n) is 14.1. The Morgan fingerprint density at radius 3 is 2.93 bits per heavy atom. The van der Waals surface area contributed by atoms with Crippen LogP contribution in [0.3, 0.4) is 0 Å². The molecule has 0 bridgehead atoms. The van der Waals surface area contributed by atoms with E-state index in [0.29, 0.717) is 11.5 Å². The van der Waals surface area contributed by atoms with Crippen LogP contribution in [0.2, 0.25) is 0 Å². The predicted octanol–water partition coefficient (Wildman–Crippen LogP) is 3.45. The van der Waals surface area contributed by atoms with Crippen molar-refractivity contribution >= 4 is 44.9 Å². The Balaban J connectivity index is 1.44. The number of tetrazole rings is 1. The van der Waals surface area contributed by atoms with Gasteiger partial charge in [-0.25, -0.2) is 9.37 Å². The SMILES string of the molecule is Cc1nnnn1-c1cc(NC(=O)CSc2nc3ccccc3s2)ccc1F. The first-order valence-corrected chi connectivity index (χ1v) is 9.73. The van der Waals surface area contributed by atoms with E-state index in [1.54, 1.807) is 18.3 Å². The number of thioether (sulfide) groups is 1. The fourth-order valence-electron chi connectivity index (χ4n) is 2.44. The van der Waals surface area contributed by atoms with Crippen molar-refractivity contribution in [2.45, 2.75) is 11.3 Å². The van der Waals surface area contributed by atoms with E-state index in [1.165, 1.54) is 34.6 Å². The van der Waals surface area contributed by atoms with Gasteiger partial charge in [0.2, 0.25) is 5.91 Å². The Bertz CT molecular complexity index is 1090. The van der Waals surface area contributed by atoms with Crippen molar-refractivity contribution in [3.63, 3.8) is 0 Å². The summed E-state index contributed by atoms with van der Waals surface area (Å²) in [7, 11) is 0. The molecule has 0 spiro atoms. The minimum absolute atomic E-state index is 0.175. The summed E-state index contributed by atoms with van der Waals surface area (Å²) in [5, 5.41) is 13.8. The number of thiazole rings is 1. The molecule has 0 radical (unpaired) electrons. The highest BCUT2D eigenvalue weighted by Crippen LogP contribution is 2.29. The summed E-state index contributed by atoms with van der Waals surface area (Å²) >= 11 is 2.91. The van der Waals surface area contributed by atoms with Crippen LogP contribution in [0, 0.1) is 12.7 Å². The van der Waals surface area contributed by atoms with Gasteiger partial charge in [-0.2, -0.15) is 4.68 Å². The largest absolute Gasteiger partial charge is 0.325 e. The summed E-state index contributed by atoms with van der Waals surface area (Å²) in [5.74, 6) is -0.0301. The van der Waals surface area contributed by atoms with Crippen molar-refractivity contribution in [3.8, 4) is 5.69 Å². The first-order valence-electron chi connectivity index (χ1n) is 7.93. The Hall–Kier alpha value is -2.85. The van der Waals surface area contributed by atoms with E-state index in [4.69, 9.17) is 0 Å². The van der Waals surface area contributed by atoms with Gasteiger partial charge in [-0.05, 0) is 47.7 Å². The van der Waals surface area contributed by atoms with Crippen molar-refractivity contribution in [1.29, 1.82) is 0 Å². The third kappa shape index (κ3) is 3.81. The van der Waals surface area contributed by atoms with Crippen LogP contribution in [0.4, 0.5) is 10.1 Å². The number of aromatic nitrogens is 5. The molecule has 0 atom stereocenters. The number of fused-ring (bicyclic) bond motifs is 1. The van der Waals surface area contributed by atoms with Crippen molar-refractivity contribution in [1.82, 2.24) is 25.2 Å². The molecule has 2 heterocycles. The Morgan fingerprint density at radius 2 is 2.15 bits per heavy atom. The maximum atomic E-state index is 14.1. The number of aryl methyl sites for hydroxylation is 1. The molecule has 27 heavy (non-hydrogen) atoms. The lowest BCUT2D eigenvalue weighted by Gasteiger charge is -2.08. The van der Waals surface area contributed by atoms with Gasteiger partial charge in [0.05, 0.1) is 16.0 Å². The second-order valence-corrected chi connectivity index (χ2v) is 7.84. The molecule has 2 aromatic heterocycles. The molecule has 0 aliphatic heterocycles. The molecule has 1 amide bonds. The average Bonchev–Trinajstić information content (AvgIpc) is 3.27. The molecule has 0 saturated heterocycles. The Kier molecular flexibility index (Phi) is 4.82. The molecule has 0 aliphatic rings. The topological polar surface area (TPSA) is 85.6 Å². The molecule has 1 N–H and O–H groups in total. The molecular formula is C17H13FN6OS2. The van der Waals surface area contributed by atoms with Crippen molar-refractivity contribution in [3.05, 3.63) is 54.1 Å². The third-order valence-corrected chi connectivity index (χ3v) is 5.86. The van der Waals surface area contributed by atoms with Gasteiger partial charge in [-0.15, -0.1) is 16.4 Å². The number of carbonyl (C=O) groups is 1. The highest BCUT2D eigenvalue weighted by atomic mass is 32.2. The Morgan fingerprint density at radius 1 is 1.30 bits per heavy atom. The van der Waals surface area contributed by atoms with Gasteiger partial charge in [0, 0.05) is 5.69 Å². The van der Waals surface area contributed by atoms with Crippen LogP contribution in [-0.4, -0.2) is 36.9 Å². The van der Waals surface area contributed by atoms with Crippen molar-refractivity contribution in [2.75, 3.05) is 11.1 Å². The zero-order chi connectivity index (χ0) is 18.8. The van der Waals surface area contributed by atoms with E-state index in [2.05, 4.69) is 25.8 Å². The number of nitrogens with zero attached hydrogens (tertiary/aromatic N) is 5. The third-order valence-electron chi connectivity index (χ3n) is 3.68.